The van der Waals surface area contributed by atoms with Gasteiger partial charge in [-0.15, -0.1) is 0 Å². The van der Waals surface area contributed by atoms with Crippen molar-refractivity contribution in [2.24, 2.45) is 0 Å². The molecule has 2 atom stereocenters. The van der Waals surface area contributed by atoms with Gasteiger partial charge in [0.15, 0.2) is 0 Å². The van der Waals surface area contributed by atoms with Gasteiger partial charge in [0.1, 0.15) is 0 Å². The minimum Gasteiger partial charge on any atom is -0.0622 e. The van der Waals surface area contributed by atoms with E-state index in [1.54, 1.807) is 0 Å². The van der Waals surface area contributed by atoms with E-state index in [9.17, 15) is 0 Å². The van der Waals surface area contributed by atoms with Crippen LogP contribution in [0, 0.1) is 0 Å². The summed E-state index contributed by atoms with van der Waals surface area (Å²) in [4.78, 5) is 0. The van der Waals surface area contributed by atoms with Gasteiger partial charge in [-0.2, -0.15) is 0 Å². The minimum atomic E-state index is 0.222. The van der Waals surface area contributed by atoms with Crippen LogP contribution in [0.5, 0.6) is 0 Å². The van der Waals surface area contributed by atoms with Gasteiger partial charge in [0.25, 0.3) is 0 Å². The third-order valence-electron chi connectivity index (χ3n) is 6.26. The molecule has 1 aliphatic rings. The normalized spacial score (nSPS) is 20.7. The molecule has 0 amide bonds. The predicted molar refractivity (Wildman–Crippen MR) is 118 cm³/mol. The van der Waals surface area contributed by atoms with E-state index in [1.807, 2.05) is 0 Å². The number of rotatable bonds is 4. The van der Waals surface area contributed by atoms with Crippen molar-refractivity contribution in [1.29, 1.82) is 0 Å². The van der Waals surface area contributed by atoms with E-state index in [1.165, 1.54) is 39.8 Å². The Kier molecular flexibility index (Phi) is 4.13. The third kappa shape index (κ3) is 3.05. The highest BCUT2D eigenvalue weighted by Gasteiger charge is 2.51. The highest BCUT2D eigenvalue weighted by Crippen LogP contribution is 2.60. The topological polar surface area (TPSA) is 0 Å². The van der Waals surface area contributed by atoms with Gasteiger partial charge in [-0.1, -0.05) is 116 Å². The van der Waals surface area contributed by atoms with Crippen LogP contribution in [0.2, 0.25) is 0 Å². The summed E-state index contributed by atoms with van der Waals surface area (Å²) in [5.74, 6) is 0.585. The maximum atomic E-state index is 2.41. The molecule has 1 aliphatic carbocycles. The van der Waals surface area contributed by atoms with E-state index >= 15 is 0 Å². The van der Waals surface area contributed by atoms with E-state index in [0.717, 1.165) is 0 Å². The summed E-state index contributed by atoms with van der Waals surface area (Å²) in [6.07, 6.45) is 1.21. The van der Waals surface area contributed by atoms with Crippen LogP contribution in [-0.4, -0.2) is 0 Å². The Balaban J connectivity index is 1.45. The zero-order chi connectivity index (χ0) is 19.0. The van der Waals surface area contributed by atoms with Crippen molar-refractivity contribution in [1.82, 2.24) is 0 Å². The van der Waals surface area contributed by atoms with Crippen LogP contribution in [0.4, 0.5) is 0 Å². The SMILES string of the molecule is C[C@@]1(c2cccc(-c3ccccc3)c2)C[C@H]1c1cccc(-c2ccccc2)c1. The van der Waals surface area contributed by atoms with Crippen LogP contribution >= 0.6 is 0 Å². The lowest BCUT2D eigenvalue weighted by molar-refractivity contribution is 0.749. The molecule has 0 heteroatoms. The predicted octanol–water partition coefficient (Wildman–Crippen LogP) is 7.47. The Morgan fingerprint density at radius 2 is 1.11 bits per heavy atom. The van der Waals surface area contributed by atoms with Crippen molar-refractivity contribution in [3.63, 3.8) is 0 Å². The molecule has 28 heavy (non-hydrogen) atoms. The van der Waals surface area contributed by atoms with Crippen LogP contribution in [0.3, 0.4) is 0 Å². The highest BCUT2D eigenvalue weighted by atomic mass is 14.5. The number of hydrogen-bond donors (Lipinski definition) is 0. The summed E-state index contributed by atoms with van der Waals surface area (Å²) in [6, 6.07) is 39.6. The molecule has 0 bridgehead atoms. The van der Waals surface area contributed by atoms with E-state index in [0.29, 0.717) is 5.92 Å². The largest absolute Gasteiger partial charge is 0.0622 e. The first-order valence-corrected chi connectivity index (χ1v) is 10.1. The van der Waals surface area contributed by atoms with Gasteiger partial charge in [-0.05, 0) is 45.7 Å². The molecule has 0 N–H and O–H groups in total. The Bertz CT molecular complexity index is 1090. The minimum absolute atomic E-state index is 0.222. The number of benzene rings is 4. The average Bonchev–Trinajstić information content (AvgIpc) is 3.48. The zero-order valence-corrected chi connectivity index (χ0v) is 16.2. The van der Waals surface area contributed by atoms with Crippen molar-refractivity contribution in [3.8, 4) is 22.3 Å². The lowest BCUT2D eigenvalue weighted by Gasteiger charge is -2.15. The molecule has 4 aromatic rings. The van der Waals surface area contributed by atoms with Gasteiger partial charge < -0.3 is 0 Å². The maximum absolute atomic E-state index is 2.41. The molecule has 136 valence electrons. The van der Waals surface area contributed by atoms with Gasteiger partial charge >= 0.3 is 0 Å². The maximum Gasteiger partial charge on any atom is 0.00000170 e. The fraction of sp³-hybridized carbons (Fsp3) is 0.143. The second-order valence-corrected chi connectivity index (χ2v) is 8.11. The van der Waals surface area contributed by atoms with Gasteiger partial charge in [0.2, 0.25) is 0 Å². The molecule has 1 saturated carbocycles. The lowest BCUT2D eigenvalue weighted by Crippen LogP contribution is -2.04. The van der Waals surface area contributed by atoms with Crippen LogP contribution < -0.4 is 0 Å². The quantitative estimate of drug-likeness (QED) is 0.354. The summed E-state index contributed by atoms with van der Waals surface area (Å²) in [6.45, 7) is 2.41. The van der Waals surface area contributed by atoms with Crippen molar-refractivity contribution in [2.45, 2.75) is 24.7 Å². The molecule has 0 spiro atoms. The molecule has 0 nitrogen and oxygen atoms in total. The molecule has 0 unspecified atom stereocenters. The Morgan fingerprint density at radius 1 is 0.571 bits per heavy atom. The highest BCUT2D eigenvalue weighted by molar-refractivity contribution is 5.67. The van der Waals surface area contributed by atoms with Crippen molar-refractivity contribution in [2.75, 3.05) is 0 Å². The van der Waals surface area contributed by atoms with E-state index < -0.39 is 0 Å². The molecular formula is C28H24. The van der Waals surface area contributed by atoms with Gasteiger partial charge in [-0.25, -0.2) is 0 Å². The van der Waals surface area contributed by atoms with Crippen molar-refractivity contribution < 1.29 is 0 Å². The molecular weight excluding hydrogens is 336 g/mol. The Morgan fingerprint density at radius 3 is 1.75 bits per heavy atom. The van der Waals surface area contributed by atoms with Crippen LogP contribution in [0.1, 0.15) is 30.4 Å². The first kappa shape index (κ1) is 17.0. The molecule has 5 rings (SSSR count). The summed E-state index contributed by atoms with van der Waals surface area (Å²) < 4.78 is 0. The second-order valence-electron chi connectivity index (χ2n) is 8.11. The fourth-order valence-corrected chi connectivity index (χ4v) is 4.42. The summed E-state index contributed by atoms with van der Waals surface area (Å²) in [7, 11) is 0. The Labute approximate surface area is 167 Å². The van der Waals surface area contributed by atoms with Crippen LogP contribution in [0.15, 0.2) is 109 Å². The van der Waals surface area contributed by atoms with Gasteiger partial charge in [0.05, 0.1) is 0 Å². The molecule has 0 aliphatic heterocycles. The second kappa shape index (κ2) is 6.80. The average molecular weight is 361 g/mol. The van der Waals surface area contributed by atoms with E-state index in [-0.39, 0.29) is 5.41 Å². The first-order valence-electron chi connectivity index (χ1n) is 10.1. The molecule has 0 radical (unpaired) electrons. The molecule has 0 saturated heterocycles. The van der Waals surface area contributed by atoms with Crippen molar-refractivity contribution in [3.05, 3.63) is 120 Å². The monoisotopic (exact) mass is 360 g/mol. The third-order valence-corrected chi connectivity index (χ3v) is 6.26. The summed E-state index contributed by atoms with van der Waals surface area (Å²) >= 11 is 0. The lowest BCUT2D eigenvalue weighted by atomic mass is 9.89. The smallest absolute Gasteiger partial charge is 0.00000170 e. The molecule has 0 aromatic heterocycles. The Hall–Kier alpha value is -3.12. The first-order chi connectivity index (χ1) is 13.7. The number of hydrogen-bond acceptors (Lipinski definition) is 0. The van der Waals surface area contributed by atoms with E-state index in [4.69, 9.17) is 0 Å². The molecule has 1 fully saturated rings. The summed E-state index contributed by atoms with van der Waals surface area (Å²) in [5, 5.41) is 0. The summed E-state index contributed by atoms with van der Waals surface area (Å²) in [5.41, 5.74) is 8.32. The molecule has 0 heterocycles. The van der Waals surface area contributed by atoms with E-state index in [2.05, 4.69) is 116 Å². The van der Waals surface area contributed by atoms with Crippen LogP contribution in [-0.2, 0) is 5.41 Å². The molecule has 4 aromatic carbocycles. The fourth-order valence-electron chi connectivity index (χ4n) is 4.42. The van der Waals surface area contributed by atoms with Gasteiger partial charge in [0, 0.05) is 5.41 Å². The van der Waals surface area contributed by atoms with Gasteiger partial charge in [-0.3, -0.25) is 0 Å². The van der Waals surface area contributed by atoms with Crippen LogP contribution in [0.25, 0.3) is 22.3 Å². The van der Waals surface area contributed by atoms with Crippen molar-refractivity contribution >= 4 is 0 Å². The standard InChI is InChI=1S/C28H24/c1-28(26-17-9-15-24(19-26)22-12-6-3-7-13-22)20-27(28)25-16-8-14-23(18-25)21-10-4-2-5-11-21/h2-19,27H,20H2,1H3/t27-,28-/m0/s1. The zero-order valence-electron chi connectivity index (χ0n) is 16.2.